The number of likely N-dealkylation sites (tertiary alicyclic amines) is 1. The maximum absolute atomic E-state index is 12.8. The van der Waals surface area contributed by atoms with Crippen molar-refractivity contribution >= 4 is 16.1 Å². The quantitative estimate of drug-likeness (QED) is 0.656. The van der Waals surface area contributed by atoms with Gasteiger partial charge < -0.3 is 14.3 Å². The number of sulfonamides is 1. The Labute approximate surface area is 179 Å². The van der Waals surface area contributed by atoms with Crippen LogP contribution >= 0.6 is 0 Å². The summed E-state index contributed by atoms with van der Waals surface area (Å²) < 4.78 is 33.5. The fourth-order valence-corrected chi connectivity index (χ4v) is 5.10. The van der Waals surface area contributed by atoms with E-state index in [1.54, 1.807) is 19.2 Å². The number of benzene rings is 1. The number of aromatic nitrogens is 1. The summed E-state index contributed by atoms with van der Waals surface area (Å²) >= 11 is 0. The highest BCUT2D eigenvalue weighted by atomic mass is 32.2. The van der Waals surface area contributed by atoms with E-state index in [-0.39, 0.29) is 10.7 Å². The molecule has 0 bridgehead atoms. The fraction of sp³-hybridized carbons (Fsp3) is 0.500. The maximum Gasteiger partial charge on any atom is 0.246 e. The zero-order valence-electron chi connectivity index (χ0n) is 18.0. The largest absolute Gasteiger partial charge is 0.383 e. The van der Waals surface area contributed by atoms with Crippen LogP contribution < -0.4 is 4.72 Å². The minimum atomic E-state index is -3.68. The molecule has 0 unspecified atom stereocenters. The first kappa shape index (κ1) is 22.5. The molecular weight excluding hydrogens is 400 g/mol. The van der Waals surface area contributed by atoms with E-state index in [1.165, 1.54) is 5.56 Å². The van der Waals surface area contributed by atoms with Gasteiger partial charge in [-0.25, -0.2) is 13.1 Å². The van der Waals surface area contributed by atoms with Gasteiger partial charge in [0, 0.05) is 39.5 Å². The molecule has 1 aliphatic rings. The zero-order chi connectivity index (χ0) is 21.6. The third-order valence-electron chi connectivity index (χ3n) is 5.42. The van der Waals surface area contributed by atoms with Gasteiger partial charge in [0.15, 0.2) is 10.7 Å². The molecule has 0 amide bonds. The fourth-order valence-electron chi connectivity index (χ4n) is 3.80. The average molecular weight is 433 g/mol. The molecule has 0 saturated carbocycles. The first-order valence-electron chi connectivity index (χ1n) is 10.4. The van der Waals surface area contributed by atoms with Gasteiger partial charge in [0.2, 0.25) is 10.0 Å². The third kappa shape index (κ3) is 6.17. The Bertz CT molecular complexity index is 931. The Kier molecular flexibility index (Phi) is 7.69. The summed E-state index contributed by atoms with van der Waals surface area (Å²) in [6, 6.07) is 10.6. The molecule has 164 valence electrons. The van der Waals surface area contributed by atoms with Crippen molar-refractivity contribution in [2.45, 2.75) is 31.1 Å². The second-order valence-corrected chi connectivity index (χ2v) is 9.82. The van der Waals surface area contributed by atoms with Gasteiger partial charge in [0.05, 0.1) is 0 Å². The van der Waals surface area contributed by atoms with E-state index >= 15 is 0 Å². The topological polar surface area (TPSA) is 78.7 Å². The lowest BCUT2D eigenvalue weighted by molar-refractivity contribution is 0.187. The molecular formula is C22H32N4O3S. The van der Waals surface area contributed by atoms with Crippen LogP contribution in [0.5, 0.6) is 0 Å². The lowest BCUT2D eigenvalue weighted by Gasteiger charge is -2.32. The van der Waals surface area contributed by atoms with Gasteiger partial charge in [0.25, 0.3) is 0 Å². The summed E-state index contributed by atoms with van der Waals surface area (Å²) in [4.78, 5) is 4.25. The maximum atomic E-state index is 12.8. The Morgan fingerprint density at radius 1 is 1.23 bits per heavy atom. The van der Waals surface area contributed by atoms with Crippen molar-refractivity contribution in [1.29, 1.82) is 0 Å². The third-order valence-corrected chi connectivity index (χ3v) is 7.04. The summed E-state index contributed by atoms with van der Waals surface area (Å²) in [5.41, 5.74) is 1.76. The van der Waals surface area contributed by atoms with E-state index in [1.807, 2.05) is 19.0 Å². The van der Waals surface area contributed by atoms with Gasteiger partial charge in [-0.2, -0.15) is 0 Å². The van der Waals surface area contributed by atoms with Crippen LogP contribution in [0.4, 0.5) is 0 Å². The molecule has 1 aliphatic heterocycles. The standard InChI is InChI=1S/C22H32N4O3S/c1-18-22(21(29-24-18)11-13-25(2)3)30(27,28)23-12-16-26-14-9-20(10-15-26)17-19-7-5-4-6-8-19/h4-8,11,13,20,23H,9-10,12,14-17H2,1-3H3/b13-11+. The van der Waals surface area contributed by atoms with Crippen molar-refractivity contribution < 1.29 is 12.9 Å². The van der Waals surface area contributed by atoms with Crippen molar-refractivity contribution in [2.24, 2.45) is 5.92 Å². The van der Waals surface area contributed by atoms with Crippen molar-refractivity contribution in [3.8, 4) is 0 Å². The molecule has 8 heteroatoms. The monoisotopic (exact) mass is 432 g/mol. The van der Waals surface area contributed by atoms with Crippen LogP contribution in [0.3, 0.4) is 0 Å². The van der Waals surface area contributed by atoms with Crippen molar-refractivity contribution in [3.05, 3.63) is 53.5 Å². The van der Waals surface area contributed by atoms with Crippen LogP contribution in [0.25, 0.3) is 6.08 Å². The molecule has 30 heavy (non-hydrogen) atoms. The van der Waals surface area contributed by atoms with Gasteiger partial charge in [-0.15, -0.1) is 0 Å². The highest BCUT2D eigenvalue weighted by molar-refractivity contribution is 7.89. The van der Waals surface area contributed by atoms with E-state index in [9.17, 15) is 8.42 Å². The molecule has 7 nitrogen and oxygen atoms in total. The van der Waals surface area contributed by atoms with Gasteiger partial charge >= 0.3 is 0 Å². The van der Waals surface area contributed by atoms with E-state index in [2.05, 4.69) is 45.1 Å². The predicted octanol–water partition coefficient (Wildman–Crippen LogP) is 2.75. The summed E-state index contributed by atoms with van der Waals surface area (Å²) in [6.45, 7) is 4.71. The van der Waals surface area contributed by atoms with Crippen molar-refractivity contribution in [1.82, 2.24) is 19.7 Å². The van der Waals surface area contributed by atoms with E-state index in [4.69, 9.17) is 4.52 Å². The van der Waals surface area contributed by atoms with Gasteiger partial charge in [0.1, 0.15) is 5.69 Å². The molecule has 1 aromatic heterocycles. The summed E-state index contributed by atoms with van der Waals surface area (Å²) in [6.07, 6.45) is 6.76. The zero-order valence-corrected chi connectivity index (χ0v) is 18.9. The molecule has 2 heterocycles. The number of rotatable bonds is 9. The van der Waals surface area contributed by atoms with E-state index < -0.39 is 10.0 Å². The highest BCUT2D eigenvalue weighted by Gasteiger charge is 2.26. The van der Waals surface area contributed by atoms with Crippen LogP contribution in [0.2, 0.25) is 0 Å². The first-order chi connectivity index (χ1) is 14.3. The van der Waals surface area contributed by atoms with Gasteiger partial charge in [-0.1, -0.05) is 35.5 Å². The number of hydrogen-bond donors (Lipinski definition) is 1. The minimum absolute atomic E-state index is 0.113. The summed E-state index contributed by atoms with van der Waals surface area (Å²) in [5, 5.41) is 3.83. The van der Waals surface area contributed by atoms with Gasteiger partial charge in [-0.05, 0) is 50.8 Å². The van der Waals surface area contributed by atoms with Crippen LogP contribution in [0, 0.1) is 12.8 Å². The molecule has 1 N–H and O–H groups in total. The minimum Gasteiger partial charge on any atom is -0.383 e. The molecule has 0 atom stereocenters. The smallest absolute Gasteiger partial charge is 0.246 e. The number of aryl methyl sites for hydroxylation is 1. The Hall–Kier alpha value is -2.16. The van der Waals surface area contributed by atoms with Crippen LogP contribution in [-0.2, 0) is 16.4 Å². The Balaban J connectivity index is 1.48. The van der Waals surface area contributed by atoms with Crippen LogP contribution in [-0.4, -0.2) is 63.6 Å². The molecule has 3 rings (SSSR count). The summed E-state index contributed by atoms with van der Waals surface area (Å²) in [7, 11) is 0.0315. The summed E-state index contributed by atoms with van der Waals surface area (Å²) in [5.74, 6) is 0.946. The van der Waals surface area contributed by atoms with Crippen LogP contribution in [0.1, 0.15) is 29.9 Å². The van der Waals surface area contributed by atoms with Crippen LogP contribution in [0.15, 0.2) is 46.0 Å². The highest BCUT2D eigenvalue weighted by Crippen LogP contribution is 2.23. The van der Waals surface area contributed by atoms with E-state index in [0.29, 0.717) is 24.7 Å². The molecule has 1 fully saturated rings. The molecule has 1 saturated heterocycles. The Morgan fingerprint density at radius 2 is 1.93 bits per heavy atom. The number of nitrogens with zero attached hydrogens (tertiary/aromatic N) is 3. The predicted molar refractivity (Wildman–Crippen MR) is 118 cm³/mol. The lowest BCUT2D eigenvalue weighted by atomic mass is 9.90. The molecule has 0 radical (unpaired) electrons. The van der Waals surface area contributed by atoms with E-state index in [0.717, 1.165) is 32.4 Å². The lowest BCUT2D eigenvalue weighted by Crippen LogP contribution is -2.40. The van der Waals surface area contributed by atoms with Crippen molar-refractivity contribution in [2.75, 3.05) is 40.3 Å². The molecule has 0 spiro atoms. The number of piperidine rings is 1. The van der Waals surface area contributed by atoms with Crippen molar-refractivity contribution in [3.63, 3.8) is 0 Å². The SMILES string of the molecule is Cc1noc(/C=C/N(C)C)c1S(=O)(=O)NCCN1CCC(Cc2ccccc2)CC1. The number of nitrogens with one attached hydrogen (secondary N) is 1. The molecule has 2 aromatic rings. The van der Waals surface area contributed by atoms with Gasteiger partial charge in [-0.3, -0.25) is 0 Å². The first-order valence-corrected chi connectivity index (χ1v) is 11.9. The molecule has 1 aromatic carbocycles. The average Bonchev–Trinajstić information content (AvgIpc) is 3.10. The number of hydrogen-bond acceptors (Lipinski definition) is 6. The second-order valence-electron chi connectivity index (χ2n) is 8.11. The second kappa shape index (κ2) is 10.2. The normalized spacial score (nSPS) is 16.4. The Morgan fingerprint density at radius 3 is 2.60 bits per heavy atom. The molecule has 0 aliphatic carbocycles.